The highest BCUT2D eigenvalue weighted by molar-refractivity contribution is 7.89. The number of carbonyl (C=O) groups excluding carboxylic acids is 2. The molecule has 2 aromatic carbocycles. The van der Waals surface area contributed by atoms with Crippen LogP contribution in [0, 0.1) is 5.82 Å². The normalized spacial score (nSPS) is 14.9. The van der Waals surface area contributed by atoms with E-state index < -0.39 is 15.8 Å². The average molecular weight is 490 g/mol. The summed E-state index contributed by atoms with van der Waals surface area (Å²) in [6, 6.07) is 11.2. The Balaban J connectivity index is 1.49. The molecule has 1 heterocycles. The second-order valence-electron chi connectivity index (χ2n) is 9.51. The van der Waals surface area contributed by atoms with Gasteiger partial charge in [0.15, 0.2) is 5.78 Å². The van der Waals surface area contributed by atoms with Gasteiger partial charge in [-0.25, -0.2) is 17.5 Å². The number of sulfonamides is 1. The molecule has 34 heavy (non-hydrogen) atoms. The smallest absolute Gasteiger partial charge is 0.240 e. The molecule has 1 aliphatic heterocycles. The lowest BCUT2D eigenvalue weighted by Gasteiger charge is -2.36. The topological polar surface area (TPSA) is 86.8 Å². The van der Waals surface area contributed by atoms with Gasteiger partial charge in [-0.3, -0.25) is 9.59 Å². The average Bonchev–Trinajstić information content (AvgIpc) is 2.78. The molecular formula is C25H32FN3O4S. The number of nitrogens with zero attached hydrogens (tertiary/aromatic N) is 2. The number of ketones is 1. The SMILES string of the molecule is CC(=O)c1ccc(N2CCN(C(=O)CCNS(=O)(=O)c3ccc(C(C)(C)C)cc3)CC2)c(F)c1. The van der Waals surface area contributed by atoms with Crippen LogP contribution >= 0.6 is 0 Å². The van der Waals surface area contributed by atoms with Crippen LogP contribution in [0.3, 0.4) is 0 Å². The first-order valence-electron chi connectivity index (χ1n) is 11.3. The Hall–Kier alpha value is -2.78. The molecule has 0 aliphatic carbocycles. The largest absolute Gasteiger partial charge is 0.366 e. The summed E-state index contributed by atoms with van der Waals surface area (Å²) >= 11 is 0. The van der Waals surface area contributed by atoms with Crippen molar-refractivity contribution in [2.24, 2.45) is 0 Å². The number of piperazine rings is 1. The van der Waals surface area contributed by atoms with Crippen LogP contribution in [0.2, 0.25) is 0 Å². The van der Waals surface area contributed by atoms with E-state index in [-0.39, 0.29) is 35.0 Å². The number of hydrogen-bond donors (Lipinski definition) is 1. The molecule has 7 nitrogen and oxygen atoms in total. The second-order valence-corrected chi connectivity index (χ2v) is 11.3. The number of rotatable bonds is 7. The summed E-state index contributed by atoms with van der Waals surface area (Å²) in [4.78, 5) is 27.6. The Morgan fingerprint density at radius 2 is 1.62 bits per heavy atom. The molecule has 0 radical (unpaired) electrons. The molecule has 0 unspecified atom stereocenters. The Bertz CT molecular complexity index is 1150. The van der Waals surface area contributed by atoms with Gasteiger partial charge in [-0.2, -0.15) is 0 Å². The summed E-state index contributed by atoms with van der Waals surface area (Å²) < 4.78 is 42.0. The highest BCUT2D eigenvalue weighted by atomic mass is 32.2. The molecule has 9 heteroatoms. The van der Waals surface area contributed by atoms with Gasteiger partial charge < -0.3 is 9.80 Å². The number of amides is 1. The van der Waals surface area contributed by atoms with Crippen molar-refractivity contribution in [2.45, 2.75) is 44.4 Å². The van der Waals surface area contributed by atoms with E-state index in [4.69, 9.17) is 0 Å². The quantitative estimate of drug-likeness (QED) is 0.603. The van der Waals surface area contributed by atoms with Crippen molar-refractivity contribution in [1.82, 2.24) is 9.62 Å². The molecule has 0 spiro atoms. The van der Waals surface area contributed by atoms with Gasteiger partial charge in [-0.15, -0.1) is 0 Å². The number of carbonyl (C=O) groups is 2. The van der Waals surface area contributed by atoms with Crippen molar-refractivity contribution >= 4 is 27.4 Å². The number of nitrogens with one attached hydrogen (secondary N) is 1. The fraction of sp³-hybridized carbons (Fsp3) is 0.440. The van der Waals surface area contributed by atoms with Gasteiger partial charge in [0, 0.05) is 44.7 Å². The maximum absolute atomic E-state index is 14.4. The fourth-order valence-electron chi connectivity index (χ4n) is 3.85. The summed E-state index contributed by atoms with van der Waals surface area (Å²) in [6.07, 6.45) is 0.0426. The lowest BCUT2D eigenvalue weighted by atomic mass is 9.87. The first-order chi connectivity index (χ1) is 15.9. The predicted molar refractivity (Wildman–Crippen MR) is 130 cm³/mol. The Labute approximate surface area is 201 Å². The van der Waals surface area contributed by atoms with Crippen molar-refractivity contribution in [3.8, 4) is 0 Å². The minimum atomic E-state index is -3.70. The van der Waals surface area contributed by atoms with Gasteiger partial charge in [0.05, 0.1) is 10.6 Å². The molecule has 0 atom stereocenters. The Morgan fingerprint density at radius 3 is 2.15 bits per heavy atom. The third-order valence-corrected chi connectivity index (χ3v) is 7.47. The van der Waals surface area contributed by atoms with Crippen molar-refractivity contribution in [2.75, 3.05) is 37.6 Å². The zero-order valence-electron chi connectivity index (χ0n) is 20.1. The third-order valence-electron chi connectivity index (χ3n) is 5.99. The molecule has 1 saturated heterocycles. The lowest BCUT2D eigenvalue weighted by molar-refractivity contribution is -0.131. The Kier molecular flexibility index (Phi) is 7.77. The molecule has 184 valence electrons. The van der Waals surface area contributed by atoms with E-state index in [0.717, 1.165) is 5.56 Å². The highest BCUT2D eigenvalue weighted by Gasteiger charge is 2.24. The molecule has 1 amide bonds. The number of benzene rings is 2. The summed E-state index contributed by atoms with van der Waals surface area (Å²) in [7, 11) is -3.70. The van der Waals surface area contributed by atoms with Gasteiger partial charge >= 0.3 is 0 Å². The van der Waals surface area contributed by atoms with Crippen LogP contribution in [0.25, 0.3) is 0 Å². The van der Waals surface area contributed by atoms with E-state index >= 15 is 0 Å². The van der Waals surface area contributed by atoms with Gasteiger partial charge in [0.2, 0.25) is 15.9 Å². The number of halogens is 1. The van der Waals surface area contributed by atoms with Crippen molar-refractivity contribution in [3.63, 3.8) is 0 Å². The van der Waals surface area contributed by atoms with Crippen LogP contribution < -0.4 is 9.62 Å². The van der Waals surface area contributed by atoms with E-state index in [1.54, 1.807) is 41.3 Å². The van der Waals surface area contributed by atoms with Gasteiger partial charge in [-0.05, 0) is 48.2 Å². The zero-order valence-corrected chi connectivity index (χ0v) is 20.9. The van der Waals surface area contributed by atoms with Crippen LogP contribution in [0.5, 0.6) is 0 Å². The first-order valence-corrected chi connectivity index (χ1v) is 12.8. The van der Waals surface area contributed by atoms with E-state index in [9.17, 15) is 22.4 Å². The van der Waals surface area contributed by atoms with Gasteiger partial charge in [-0.1, -0.05) is 32.9 Å². The van der Waals surface area contributed by atoms with Crippen molar-refractivity contribution < 1.29 is 22.4 Å². The van der Waals surface area contributed by atoms with Crippen LogP contribution in [0.15, 0.2) is 47.4 Å². The van der Waals surface area contributed by atoms with Crippen LogP contribution in [-0.4, -0.2) is 57.7 Å². The molecule has 0 bridgehead atoms. The molecular weight excluding hydrogens is 457 g/mol. The van der Waals surface area contributed by atoms with E-state index in [1.807, 2.05) is 4.90 Å². The van der Waals surface area contributed by atoms with Crippen molar-refractivity contribution in [3.05, 3.63) is 59.4 Å². The van der Waals surface area contributed by atoms with E-state index in [0.29, 0.717) is 37.4 Å². The number of Topliss-reactive ketones (excluding diaryl/α,β-unsaturated/α-hetero) is 1. The standard InChI is InChI=1S/C25H32FN3O4S/c1-18(30)19-5-10-23(22(26)17-19)28-13-15-29(16-14-28)24(31)11-12-27-34(32,33)21-8-6-20(7-9-21)25(2,3)4/h5-10,17,27H,11-16H2,1-4H3. The maximum Gasteiger partial charge on any atom is 0.240 e. The molecule has 3 rings (SSSR count). The van der Waals surface area contributed by atoms with Gasteiger partial charge in [0.1, 0.15) is 5.82 Å². The Morgan fingerprint density at radius 1 is 1.00 bits per heavy atom. The molecule has 2 aromatic rings. The summed E-state index contributed by atoms with van der Waals surface area (Å²) in [5.74, 6) is -0.811. The summed E-state index contributed by atoms with van der Waals surface area (Å²) in [5.41, 5.74) is 1.69. The summed E-state index contributed by atoms with van der Waals surface area (Å²) in [6.45, 7) is 9.29. The predicted octanol–water partition coefficient (Wildman–Crippen LogP) is 3.34. The molecule has 1 N–H and O–H groups in total. The summed E-state index contributed by atoms with van der Waals surface area (Å²) in [5, 5.41) is 0. The lowest BCUT2D eigenvalue weighted by Crippen LogP contribution is -2.49. The maximum atomic E-state index is 14.4. The molecule has 0 saturated carbocycles. The van der Waals surface area contributed by atoms with Crippen molar-refractivity contribution in [1.29, 1.82) is 0 Å². The van der Waals surface area contributed by atoms with Gasteiger partial charge in [0.25, 0.3) is 0 Å². The molecule has 0 aromatic heterocycles. The first kappa shape index (κ1) is 25.8. The van der Waals surface area contributed by atoms with Crippen LogP contribution in [0.1, 0.15) is 50.0 Å². The highest BCUT2D eigenvalue weighted by Crippen LogP contribution is 2.24. The minimum absolute atomic E-state index is 0.00351. The van der Waals surface area contributed by atoms with E-state index in [2.05, 4.69) is 25.5 Å². The second kappa shape index (κ2) is 10.2. The third kappa shape index (κ3) is 6.21. The monoisotopic (exact) mass is 489 g/mol. The van der Waals surface area contributed by atoms with Crippen LogP contribution in [-0.2, 0) is 20.2 Å². The fourth-order valence-corrected chi connectivity index (χ4v) is 4.88. The molecule has 1 fully saturated rings. The zero-order chi connectivity index (χ0) is 25.1. The van der Waals surface area contributed by atoms with E-state index in [1.165, 1.54) is 13.0 Å². The minimum Gasteiger partial charge on any atom is -0.366 e. The number of anilines is 1. The number of hydrogen-bond acceptors (Lipinski definition) is 5. The van der Waals surface area contributed by atoms with Crippen LogP contribution in [0.4, 0.5) is 10.1 Å². The molecule has 1 aliphatic rings.